The van der Waals surface area contributed by atoms with E-state index in [1.165, 1.54) is 12.5 Å². The summed E-state index contributed by atoms with van der Waals surface area (Å²) >= 11 is 6.73. The molecule has 1 aromatic heterocycles. The van der Waals surface area contributed by atoms with Gasteiger partial charge < -0.3 is 9.19 Å². The molecule has 0 amide bonds. The molecule has 5 nitrogen and oxygen atoms in total. The molecule has 2 fully saturated rings. The number of hydrogen-bond donors (Lipinski definition) is 0. The van der Waals surface area contributed by atoms with E-state index in [0.717, 1.165) is 42.4 Å². The molecule has 3 aromatic rings. The number of halogens is 1. The molecule has 0 N–H and O–H groups in total. The van der Waals surface area contributed by atoms with Gasteiger partial charge in [0.15, 0.2) is 12.2 Å². The smallest absolute Gasteiger partial charge is 0.193 e. The van der Waals surface area contributed by atoms with Crippen LogP contribution in [0.3, 0.4) is 0 Å². The Morgan fingerprint density at radius 3 is 2.42 bits per heavy atom. The molecule has 0 radical (unpaired) electrons. The number of fused-ring (bicyclic) bond motifs is 1. The topological polar surface area (TPSA) is 42.6 Å². The van der Waals surface area contributed by atoms with Crippen molar-refractivity contribution in [3.05, 3.63) is 71.7 Å². The van der Waals surface area contributed by atoms with E-state index < -0.39 is 6.42 Å². The van der Waals surface area contributed by atoms with Crippen molar-refractivity contribution in [2.24, 2.45) is 22.7 Å². The van der Waals surface area contributed by atoms with Gasteiger partial charge in [0.1, 0.15) is 11.7 Å². The molecule has 6 rings (SSSR count). The van der Waals surface area contributed by atoms with E-state index in [4.69, 9.17) is 26.4 Å². The van der Waals surface area contributed by atoms with Crippen molar-refractivity contribution in [2.75, 3.05) is 0 Å². The highest BCUT2D eigenvalue weighted by Gasteiger charge is 2.50. The Labute approximate surface area is 230 Å². The average Bonchev–Trinajstić information content (AvgIpc) is 3.66. The van der Waals surface area contributed by atoms with Crippen LogP contribution in [0.25, 0.3) is 5.69 Å². The Hall–Kier alpha value is -2.34. The zero-order valence-corrected chi connectivity index (χ0v) is 24.3. The summed E-state index contributed by atoms with van der Waals surface area (Å²) < 4.78 is 26.8. The highest BCUT2D eigenvalue weighted by Crippen LogP contribution is 2.62. The fraction of sp³-hybridized carbons (Fsp3) is 0.467. The van der Waals surface area contributed by atoms with E-state index in [1.807, 2.05) is 54.1 Å². The number of para-hydroxylation sites is 1. The number of nitrogens with zero attached hydrogens (tertiary/aromatic N) is 4. The van der Waals surface area contributed by atoms with Gasteiger partial charge in [0.2, 0.25) is 0 Å². The van der Waals surface area contributed by atoms with Crippen molar-refractivity contribution in [1.29, 1.82) is 0 Å². The maximum absolute atomic E-state index is 15.4. The van der Waals surface area contributed by atoms with Gasteiger partial charge in [-0.05, 0) is 86.4 Å². The molecule has 4 unspecified atom stereocenters. The number of hydrogen-bond acceptors (Lipinski definition) is 4. The first-order chi connectivity index (χ1) is 18.3. The van der Waals surface area contributed by atoms with Crippen LogP contribution in [-0.4, -0.2) is 32.4 Å². The number of aryl methyl sites for hydroxylation is 1. The van der Waals surface area contributed by atoms with Crippen molar-refractivity contribution < 1.29 is 8.91 Å². The average molecular weight is 551 g/mol. The first-order valence-corrected chi connectivity index (χ1v) is 16.5. The summed E-state index contributed by atoms with van der Waals surface area (Å²) in [5.41, 5.74) is 2.22. The molecule has 2 heterocycles. The van der Waals surface area contributed by atoms with Crippen LogP contribution >= 0.6 is 6.42 Å². The highest BCUT2D eigenvalue weighted by molar-refractivity contribution is 8.15. The zero-order chi connectivity index (χ0) is 26.6. The molecule has 1 aliphatic heterocycles. The van der Waals surface area contributed by atoms with Gasteiger partial charge in [-0.15, -0.1) is 0 Å². The van der Waals surface area contributed by atoms with Crippen LogP contribution in [0.4, 0.5) is 10.2 Å². The Morgan fingerprint density at radius 1 is 1.03 bits per heavy atom. The van der Waals surface area contributed by atoms with E-state index in [2.05, 4.69) is 25.4 Å². The van der Waals surface area contributed by atoms with E-state index in [0.29, 0.717) is 35.0 Å². The van der Waals surface area contributed by atoms with Gasteiger partial charge in [-0.25, -0.2) is 14.1 Å². The lowest BCUT2D eigenvalue weighted by Gasteiger charge is -2.45. The van der Waals surface area contributed by atoms with Crippen LogP contribution in [0.2, 0.25) is 0 Å². The van der Waals surface area contributed by atoms with Gasteiger partial charge >= 0.3 is 0 Å². The number of amidine groups is 1. The number of aromatic nitrogens is 2. The quantitative estimate of drug-likeness (QED) is 0.302. The Morgan fingerprint density at radius 2 is 1.74 bits per heavy atom. The summed E-state index contributed by atoms with van der Waals surface area (Å²) in [4.78, 5) is 5.16. The predicted molar refractivity (Wildman–Crippen MR) is 156 cm³/mol. The monoisotopic (exact) mass is 550 g/mol. The molecule has 0 saturated heterocycles. The van der Waals surface area contributed by atoms with Gasteiger partial charge in [-0.3, -0.25) is 0 Å². The molecule has 2 saturated carbocycles. The standard InChI is InChI=1S/C30H36FN4OPS/c1-19(2)24-17-14-20(3)18-27(24)36-37(38)28-21(4)33-34(22-10-6-5-7-11-22)30(28)32-29(35(37)23-15-16-23)25-12-8-9-13-26(25)31/h5-13,19-20,23-24,27H,14-18H2,1-4H3. The van der Waals surface area contributed by atoms with Crippen molar-refractivity contribution in [2.45, 2.75) is 71.9 Å². The number of aliphatic imine (C=N–C) groups is 1. The van der Waals surface area contributed by atoms with Crippen molar-refractivity contribution in [3.8, 4) is 5.69 Å². The second-order valence-electron chi connectivity index (χ2n) is 11.5. The van der Waals surface area contributed by atoms with Gasteiger partial charge in [-0.1, -0.05) is 57.5 Å². The molecular weight excluding hydrogens is 514 g/mol. The molecule has 4 atom stereocenters. The van der Waals surface area contributed by atoms with Crippen molar-refractivity contribution >= 4 is 35.2 Å². The SMILES string of the molecule is Cc1nn(-c2ccccc2)c2c1P(=S)(OC1CC(C)CCC1C(C)C)N(C1CC1)C(c1ccccc1F)=N2. The van der Waals surface area contributed by atoms with Crippen molar-refractivity contribution in [3.63, 3.8) is 0 Å². The van der Waals surface area contributed by atoms with Crippen LogP contribution in [0.15, 0.2) is 59.6 Å². The number of benzene rings is 2. The van der Waals surface area contributed by atoms with Gasteiger partial charge in [0.25, 0.3) is 0 Å². The third-order valence-corrected chi connectivity index (χ3v) is 12.3. The first-order valence-electron chi connectivity index (χ1n) is 13.8. The predicted octanol–water partition coefficient (Wildman–Crippen LogP) is 7.29. The van der Waals surface area contributed by atoms with Crippen LogP contribution < -0.4 is 5.30 Å². The molecular formula is C30H36FN4OPS. The Bertz CT molecular complexity index is 1420. The third-order valence-electron chi connectivity index (χ3n) is 8.25. The van der Waals surface area contributed by atoms with E-state index >= 15 is 4.39 Å². The second kappa shape index (κ2) is 10.0. The van der Waals surface area contributed by atoms with E-state index in [-0.39, 0.29) is 18.0 Å². The molecule has 38 heavy (non-hydrogen) atoms. The first kappa shape index (κ1) is 25.9. The minimum absolute atomic E-state index is 0.0538. The molecule has 0 spiro atoms. The summed E-state index contributed by atoms with van der Waals surface area (Å²) in [7, 11) is 0. The molecule has 2 aliphatic carbocycles. The van der Waals surface area contributed by atoms with Gasteiger partial charge in [-0.2, -0.15) is 5.10 Å². The minimum Gasteiger partial charge on any atom is -0.327 e. The molecule has 200 valence electrons. The molecule has 3 aliphatic rings. The largest absolute Gasteiger partial charge is 0.327 e. The Kier molecular flexibility index (Phi) is 6.82. The lowest BCUT2D eigenvalue weighted by Crippen LogP contribution is -2.42. The molecule has 0 bridgehead atoms. The maximum atomic E-state index is 15.4. The minimum atomic E-state index is -2.87. The van der Waals surface area contributed by atoms with Crippen LogP contribution in [-0.2, 0) is 16.3 Å². The summed E-state index contributed by atoms with van der Waals surface area (Å²) in [5, 5.41) is 5.88. The molecule has 2 aromatic carbocycles. The fourth-order valence-corrected chi connectivity index (χ4v) is 10.7. The van der Waals surface area contributed by atoms with Crippen molar-refractivity contribution in [1.82, 2.24) is 14.5 Å². The lowest BCUT2D eigenvalue weighted by molar-refractivity contribution is 0.0520. The second-order valence-corrected chi connectivity index (χ2v) is 15.1. The lowest BCUT2D eigenvalue weighted by atomic mass is 9.75. The molecule has 8 heteroatoms. The van der Waals surface area contributed by atoms with E-state index in [1.54, 1.807) is 6.07 Å². The normalized spacial score (nSPS) is 27.4. The number of rotatable bonds is 6. The third kappa shape index (κ3) is 4.47. The van der Waals surface area contributed by atoms with Crippen LogP contribution in [0.1, 0.15) is 64.1 Å². The summed E-state index contributed by atoms with van der Waals surface area (Å²) in [6, 6.07) is 17.1. The van der Waals surface area contributed by atoms with Gasteiger partial charge in [0, 0.05) is 6.04 Å². The van der Waals surface area contributed by atoms with Crippen LogP contribution in [0, 0.1) is 30.5 Å². The summed E-state index contributed by atoms with van der Waals surface area (Å²) in [5.74, 6) is 2.50. The van der Waals surface area contributed by atoms with Crippen LogP contribution in [0.5, 0.6) is 0 Å². The highest BCUT2D eigenvalue weighted by atomic mass is 32.4. The van der Waals surface area contributed by atoms with E-state index in [9.17, 15) is 0 Å². The van der Waals surface area contributed by atoms with Gasteiger partial charge in [0.05, 0.1) is 28.4 Å². The zero-order valence-electron chi connectivity index (χ0n) is 22.5. The Balaban J connectivity index is 1.57. The summed E-state index contributed by atoms with van der Waals surface area (Å²) in [6.45, 7) is 8.92. The fourth-order valence-electron chi connectivity index (χ4n) is 6.13. The summed E-state index contributed by atoms with van der Waals surface area (Å²) in [6.07, 6.45) is 2.55. The maximum Gasteiger partial charge on any atom is 0.193 e.